The van der Waals surface area contributed by atoms with Crippen molar-refractivity contribution in [2.75, 3.05) is 0 Å². The average Bonchev–Trinajstić information content (AvgIpc) is 2.67. The van der Waals surface area contributed by atoms with Crippen molar-refractivity contribution >= 4 is 12.4 Å². The third-order valence-electron chi connectivity index (χ3n) is 3.84. The van der Waals surface area contributed by atoms with Crippen LogP contribution in [0.4, 0.5) is 13.6 Å². The number of nitrogens with zero attached hydrogens (tertiary/aromatic N) is 1. The van der Waals surface area contributed by atoms with Crippen molar-refractivity contribution in [3.63, 3.8) is 0 Å². The van der Waals surface area contributed by atoms with Gasteiger partial charge in [0.2, 0.25) is 0 Å². The number of rotatable bonds is 2. The Labute approximate surface area is 121 Å². The van der Waals surface area contributed by atoms with Crippen LogP contribution in [0.5, 0.6) is 0 Å². The molecule has 1 aliphatic rings. The van der Waals surface area contributed by atoms with E-state index in [2.05, 4.69) is 0 Å². The van der Waals surface area contributed by atoms with Crippen LogP contribution in [0.15, 0.2) is 12.1 Å². The third-order valence-corrected chi connectivity index (χ3v) is 3.84. The van der Waals surface area contributed by atoms with Crippen LogP contribution in [0.25, 0.3) is 0 Å². The topological polar surface area (TPSA) is 57.6 Å². The van der Waals surface area contributed by atoms with E-state index in [1.54, 1.807) is 20.8 Å². The molecule has 0 saturated heterocycles. The van der Waals surface area contributed by atoms with Crippen LogP contribution in [0, 0.1) is 11.6 Å². The van der Waals surface area contributed by atoms with E-state index in [4.69, 9.17) is 0 Å². The van der Waals surface area contributed by atoms with Gasteiger partial charge >= 0.3 is 6.09 Å². The van der Waals surface area contributed by atoms with Gasteiger partial charge in [0.1, 0.15) is 23.5 Å². The second-order valence-electron chi connectivity index (χ2n) is 6.24. The van der Waals surface area contributed by atoms with E-state index in [1.165, 1.54) is 0 Å². The number of halogens is 2. The number of benzene rings is 1. The second-order valence-corrected chi connectivity index (χ2v) is 6.24. The van der Waals surface area contributed by atoms with Gasteiger partial charge in [0.15, 0.2) is 0 Å². The van der Waals surface area contributed by atoms with Gasteiger partial charge in [-0.2, -0.15) is 0 Å². The fraction of sp³-hybridized carbons (Fsp3) is 0.467. The molecular weight excluding hydrogens is 280 g/mol. The van der Waals surface area contributed by atoms with E-state index in [9.17, 15) is 23.5 Å². The SMILES string of the molecule is CC(C)(C)N(C(=O)O)C1(C=O)CCc2c(F)cc(F)cc21. The number of hydrogen-bond acceptors (Lipinski definition) is 2. The van der Waals surface area contributed by atoms with Crippen LogP contribution < -0.4 is 0 Å². The lowest BCUT2D eigenvalue weighted by Crippen LogP contribution is -2.57. The molecule has 0 saturated carbocycles. The van der Waals surface area contributed by atoms with Gasteiger partial charge in [-0.3, -0.25) is 4.90 Å². The maximum absolute atomic E-state index is 13.9. The molecule has 4 nitrogen and oxygen atoms in total. The average molecular weight is 297 g/mol. The van der Waals surface area contributed by atoms with Crippen molar-refractivity contribution in [1.82, 2.24) is 4.90 Å². The zero-order valence-corrected chi connectivity index (χ0v) is 12.1. The Hall–Kier alpha value is -1.98. The Kier molecular flexibility index (Phi) is 3.51. The molecule has 0 bridgehead atoms. The maximum atomic E-state index is 13.9. The molecule has 0 spiro atoms. The summed E-state index contributed by atoms with van der Waals surface area (Å²) < 4.78 is 27.4. The lowest BCUT2D eigenvalue weighted by Gasteiger charge is -2.44. The molecule has 21 heavy (non-hydrogen) atoms. The Balaban J connectivity index is 2.72. The van der Waals surface area contributed by atoms with Crippen LogP contribution in [0.1, 0.15) is 38.3 Å². The minimum Gasteiger partial charge on any atom is -0.465 e. The Morgan fingerprint density at radius 2 is 2.00 bits per heavy atom. The molecule has 1 atom stereocenters. The van der Waals surface area contributed by atoms with Crippen LogP contribution in [0.2, 0.25) is 0 Å². The predicted molar refractivity (Wildman–Crippen MR) is 72.0 cm³/mol. The number of amides is 1. The van der Waals surface area contributed by atoms with Crippen molar-refractivity contribution in [2.45, 2.75) is 44.7 Å². The Morgan fingerprint density at radius 1 is 1.38 bits per heavy atom. The first kappa shape index (κ1) is 15.4. The molecule has 0 aliphatic heterocycles. The molecule has 2 rings (SSSR count). The van der Waals surface area contributed by atoms with E-state index in [0.29, 0.717) is 6.29 Å². The summed E-state index contributed by atoms with van der Waals surface area (Å²) >= 11 is 0. The summed E-state index contributed by atoms with van der Waals surface area (Å²) in [5, 5.41) is 9.51. The van der Waals surface area contributed by atoms with E-state index in [0.717, 1.165) is 17.0 Å². The molecule has 1 aromatic carbocycles. The standard InChI is InChI=1S/C15H17F2NO3/c1-14(2,3)18(13(20)21)15(8-19)5-4-10-11(15)6-9(16)7-12(10)17/h6-8H,4-5H2,1-3H3,(H,20,21). The number of carboxylic acid groups (broad SMARTS) is 1. The summed E-state index contributed by atoms with van der Waals surface area (Å²) in [5.41, 5.74) is -2.13. The van der Waals surface area contributed by atoms with Crippen molar-refractivity contribution in [2.24, 2.45) is 0 Å². The molecule has 6 heteroatoms. The zero-order chi connectivity index (χ0) is 16.0. The summed E-state index contributed by atoms with van der Waals surface area (Å²) in [4.78, 5) is 24.4. The minimum atomic E-state index is -1.55. The maximum Gasteiger partial charge on any atom is 0.408 e. The predicted octanol–water partition coefficient (Wildman–Crippen LogP) is 3.08. The highest BCUT2D eigenvalue weighted by atomic mass is 19.1. The highest BCUT2D eigenvalue weighted by molar-refractivity contribution is 5.79. The summed E-state index contributed by atoms with van der Waals surface area (Å²) in [6.45, 7) is 4.92. The van der Waals surface area contributed by atoms with Crippen molar-refractivity contribution in [3.05, 3.63) is 34.9 Å². The molecule has 0 aromatic heterocycles. The van der Waals surface area contributed by atoms with Gasteiger partial charge in [0, 0.05) is 11.6 Å². The van der Waals surface area contributed by atoms with Gasteiger partial charge in [0.25, 0.3) is 0 Å². The van der Waals surface area contributed by atoms with Crippen molar-refractivity contribution < 1.29 is 23.5 Å². The van der Waals surface area contributed by atoms with Crippen LogP contribution >= 0.6 is 0 Å². The molecule has 0 fully saturated rings. The molecule has 1 aromatic rings. The molecule has 1 amide bonds. The van der Waals surface area contributed by atoms with Crippen molar-refractivity contribution in [1.29, 1.82) is 0 Å². The first-order chi connectivity index (χ1) is 9.63. The van der Waals surface area contributed by atoms with Crippen LogP contribution in [0.3, 0.4) is 0 Å². The largest absolute Gasteiger partial charge is 0.465 e. The Morgan fingerprint density at radius 3 is 2.48 bits per heavy atom. The van der Waals surface area contributed by atoms with Crippen LogP contribution in [-0.4, -0.2) is 27.9 Å². The highest BCUT2D eigenvalue weighted by Crippen LogP contribution is 2.44. The number of aldehydes is 1. The first-order valence-electron chi connectivity index (χ1n) is 6.61. The van der Waals surface area contributed by atoms with Crippen LogP contribution in [-0.2, 0) is 16.8 Å². The Bertz CT molecular complexity index is 610. The summed E-state index contributed by atoms with van der Waals surface area (Å²) in [7, 11) is 0. The lowest BCUT2D eigenvalue weighted by atomic mass is 9.87. The lowest BCUT2D eigenvalue weighted by molar-refractivity contribution is -0.121. The van der Waals surface area contributed by atoms with Gasteiger partial charge in [-0.05, 0) is 50.8 Å². The zero-order valence-electron chi connectivity index (χ0n) is 12.1. The molecule has 114 valence electrons. The number of fused-ring (bicyclic) bond motifs is 1. The van der Waals surface area contributed by atoms with Gasteiger partial charge in [0.05, 0.1) is 0 Å². The number of carbonyl (C=O) groups excluding carboxylic acids is 1. The van der Waals surface area contributed by atoms with E-state index in [1.807, 2.05) is 0 Å². The van der Waals surface area contributed by atoms with Gasteiger partial charge in [-0.1, -0.05) is 0 Å². The van der Waals surface area contributed by atoms with Gasteiger partial charge in [-0.15, -0.1) is 0 Å². The second kappa shape index (κ2) is 4.79. The molecule has 1 unspecified atom stereocenters. The summed E-state index contributed by atoms with van der Waals surface area (Å²) in [5.74, 6) is -1.56. The van der Waals surface area contributed by atoms with Gasteiger partial charge in [-0.25, -0.2) is 13.6 Å². The van der Waals surface area contributed by atoms with E-state index >= 15 is 0 Å². The fourth-order valence-corrected chi connectivity index (χ4v) is 3.16. The summed E-state index contributed by atoms with van der Waals surface area (Å²) in [6, 6.07) is 1.81. The fourth-order valence-electron chi connectivity index (χ4n) is 3.16. The summed E-state index contributed by atoms with van der Waals surface area (Å²) in [6.07, 6.45) is -0.514. The van der Waals surface area contributed by atoms with Gasteiger partial charge < -0.3 is 9.90 Å². The molecular formula is C15H17F2NO3. The quantitative estimate of drug-likeness (QED) is 0.853. The smallest absolute Gasteiger partial charge is 0.408 e. The van der Waals surface area contributed by atoms with E-state index in [-0.39, 0.29) is 24.0 Å². The number of carbonyl (C=O) groups is 2. The normalized spacial score (nSPS) is 21.0. The number of hydrogen-bond donors (Lipinski definition) is 1. The molecule has 1 aliphatic carbocycles. The van der Waals surface area contributed by atoms with E-state index < -0.39 is 28.8 Å². The highest BCUT2D eigenvalue weighted by Gasteiger charge is 2.51. The van der Waals surface area contributed by atoms with Crippen molar-refractivity contribution in [3.8, 4) is 0 Å². The molecule has 0 heterocycles. The third kappa shape index (κ3) is 2.28. The first-order valence-corrected chi connectivity index (χ1v) is 6.61. The minimum absolute atomic E-state index is 0.104. The molecule has 0 radical (unpaired) electrons. The molecule has 1 N–H and O–H groups in total. The monoisotopic (exact) mass is 297 g/mol.